The average Bonchev–Trinajstić information content (AvgIpc) is 2.47. The third-order valence-electron chi connectivity index (χ3n) is 2.72. The maximum atomic E-state index is 10.7. The van der Waals surface area contributed by atoms with Gasteiger partial charge in [-0.25, -0.2) is 4.79 Å². The molecule has 0 saturated heterocycles. The molecule has 2 aromatic rings. The lowest BCUT2D eigenvalue weighted by Gasteiger charge is -2.10. The molecule has 21 heavy (non-hydrogen) atoms. The van der Waals surface area contributed by atoms with Crippen molar-refractivity contribution in [2.75, 3.05) is 18.5 Å². The SMILES string of the molecule is O=C(O)c1ccc(OCCNc2cc(Cl)ccc2Cl)cc1. The van der Waals surface area contributed by atoms with Crippen LogP contribution in [0, 0.1) is 0 Å². The second kappa shape index (κ2) is 7.20. The van der Waals surface area contributed by atoms with Crippen molar-refractivity contribution in [3.8, 4) is 5.75 Å². The van der Waals surface area contributed by atoms with Gasteiger partial charge in [0.05, 0.1) is 16.3 Å². The highest BCUT2D eigenvalue weighted by Crippen LogP contribution is 2.25. The van der Waals surface area contributed by atoms with Crippen LogP contribution < -0.4 is 10.1 Å². The van der Waals surface area contributed by atoms with Gasteiger partial charge in [0, 0.05) is 11.6 Å². The number of rotatable bonds is 6. The lowest BCUT2D eigenvalue weighted by molar-refractivity contribution is 0.0697. The number of nitrogens with one attached hydrogen (secondary N) is 1. The molecule has 0 aliphatic heterocycles. The van der Waals surface area contributed by atoms with Crippen molar-refractivity contribution in [2.24, 2.45) is 0 Å². The fourth-order valence-corrected chi connectivity index (χ4v) is 2.04. The second-order valence-corrected chi connectivity index (χ2v) is 5.07. The topological polar surface area (TPSA) is 58.6 Å². The first-order chi connectivity index (χ1) is 10.1. The lowest BCUT2D eigenvalue weighted by atomic mass is 10.2. The molecule has 0 aromatic heterocycles. The standard InChI is InChI=1S/C15H13Cl2NO3/c16-11-3-6-13(17)14(9-11)18-7-8-21-12-4-1-10(2-5-12)15(19)20/h1-6,9,18H,7-8H2,(H,19,20). The first kappa shape index (κ1) is 15.5. The third kappa shape index (κ3) is 4.55. The van der Waals surface area contributed by atoms with Gasteiger partial charge in [0.15, 0.2) is 0 Å². The summed E-state index contributed by atoms with van der Waals surface area (Å²) in [5.74, 6) is -0.349. The van der Waals surface area contributed by atoms with E-state index < -0.39 is 5.97 Å². The molecule has 0 spiro atoms. The Labute approximate surface area is 132 Å². The number of halogens is 2. The molecule has 0 atom stereocenters. The zero-order chi connectivity index (χ0) is 15.2. The van der Waals surface area contributed by atoms with E-state index in [9.17, 15) is 4.79 Å². The fourth-order valence-electron chi connectivity index (χ4n) is 1.68. The largest absolute Gasteiger partial charge is 0.492 e. The van der Waals surface area contributed by atoms with Crippen LogP contribution in [0.2, 0.25) is 10.0 Å². The normalized spacial score (nSPS) is 10.2. The van der Waals surface area contributed by atoms with Gasteiger partial charge in [0.1, 0.15) is 12.4 Å². The van der Waals surface area contributed by atoms with Gasteiger partial charge in [-0.1, -0.05) is 23.2 Å². The van der Waals surface area contributed by atoms with Gasteiger partial charge in [-0.3, -0.25) is 0 Å². The Bertz CT molecular complexity index is 629. The van der Waals surface area contributed by atoms with E-state index in [2.05, 4.69) is 5.32 Å². The molecule has 2 rings (SSSR count). The van der Waals surface area contributed by atoms with Crippen LogP contribution in [0.3, 0.4) is 0 Å². The molecule has 110 valence electrons. The Hall–Kier alpha value is -1.91. The van der Waals surface area contributed by atoms with Crippen molar-refractivity contribution in [3.63, 3.8) is 0 Å². The van der Waals surface area contributed by atoms with Gasteiger partial charge in [-0.05, 0) is 42.5 Å². The summed E-state index contributed by atoms with van der Waals surface area (Å²) in [5.41, 5.74) is 0.972. The number of ether oxygens (including phenoxy) is 1. The van der Waals surface area contributed by atoms with Crippen molar-refractivity contribution < 1.29 is 14.6 Å². The van der Waals surface area contributed by atoms with E-state index in [4.69, 9.17) is 33.0 Å². The zero-order valence-corrected chi connectivity index (χ0v) is 12.5. The second-order valence-electron chi connectivity index (χ2n) is 4.23. The Morgan fingerprint density at radius 1 is 1.14 bits per heavy atom. The van der Waals surface area contributed by atoms with Crippen molar-refractivity contribution in [1.29, 1.82) is 0 Å². The quantitative estimate of drug-likeness (QED) is 0.782. The molecule has 0 bridgehead atoms. The van der Waals surface area contributed by atoms with Crippen LogP contribution >= 0.6 is 23.2 Å². The number of anilines is 1. The monoisotopic (exact) mass is 325 g/mol. The molecular weight excluding hydrogens is 313 g/mol. The first-order valence-corrected chi connectivity index (χ1v) is 6.97. The Kier molecular flexibility index (Phi) is 5.31. The summed E-state index contributed by atoms with van der Waals surface area (Å²) in [4.78, 5) is 10.7. The highest BCUT2D eigenvalue weighted by atomic mass is 35.5. The molecule has 0 heterocycles. The van der Waals surface area contributed by atoms with Gasteiger partial charge in [-0.15, -0.1) is 0 Å². The molecule has 0 amide bonds. The number of benzene rings is 2. The molecule has 0 saturated carbocycles. The van der Waals surface area contributed by atoms with Crippen LogP contribution in [0.15, 0.2) is 42.5 Å². The van der Waals surface area contributed by atoms with Gasteiger partial charge < -0.3 is 15.2 Å². The predicted octanol–water partition coefficient (Wildman–Crippen LogP) is 4.18. The molecule has 0 aliphatic rings. The summed E-state index contributed by atoms with van der Waals surface area (Å²) in [6, 6.07) is 11.4. The summed E-state index contributed by atoms with van der Waals surface area (Å²) >= 11 is 11.9. The zero-order valence-electron chi connectivity index (χ0n) is 11.0. The van der Waals surface area contributed by atoms with E-state index in [0.29, 0.717) is 28.9 Å². The van der Waals surface area contributed by atoms with Crippen LogP contribution in [0.1, 0.15) is 10.4 Å². The van der Waals surface area contributed by atoms with Crippen LogP contribution in [0.25, 0.3) is 0 Å². The van der Waals surface area contributed by atoms with E-state index in [-0.39, 0.29) is 5.56 Å². The summed E-state index contributed by atoms with van der Waals surface area (Å²) in [5, 5.41) is 13.1. The van der Waals surface area contributed by atoms with E-state index >= 15 is 0 Å². The van der Waals surface area contributed by atoms with Crippen LogP contribution in [-0.4, -0.2) is 24.2 Å². The van der Waals surface area contributed by atoms with E-state index in [0.717, 1.165) is 5.69 Å². The molecule has 2 N–H and O–H groups in total. The third-order valence-corrected chi connectivity index (χ3v) is 3.28. The highest BCUT2D eigenvalue weighted by Gasteiger charge is 2.03. The number of hydrogen-bond donors (Lipinski definition) is 2. The number of hydrogen-bond acceptors (Lipinski definition) is 3. The predicted molar refractivity (Wildman–Crippen MR) is 83.8 cm³/mol. The summed E-state index contributed by atoms with van der Waals surface area (Å²) in [6.07, 6.45) is 0. The molecule has 0 unspecified atom stereocenters. The van der Waals surface area contributed by atoms with E-state index in [1.807, 2.05) is 0 Å². The van der Waals surface area contributed by atoms with E-state index in [1.54, 1.807) is 30.3 Å². The van der Waals surface area contributed by atoms with Gasteiger partial charge >= 0.3 is 5.97 Å². The Balaban J connectivity index is 1.81. The summed E-state index contributed by atoms with van der Waals surface area (Å²) < 4.78 is 5.50. The summed E-state index contributed by atoms with van der Waals surface area (Å²) in [6.45, 7) is 0.954. The molecule has 0 aliphatic carbocycles. The molecule has 0 fully saturated rings. The van der Waals surface area contributed by atoms with Crippen molar-refractivity contribution in [2.45, 2.75) is 0 Å². The molecule has 2 aromatic carbocycles. The first-order valence-electron chi connectivity index (χ1n) is 6.21. The van der Waals surface area contributed by atoms with Crippen LogP contribution in [0.5, 0.6) is 5.75 Å². The number of aromatic carboxylic acids is 1. The number of carbonyl (C=O) groups is 1. The van der Waals surface area contributed by atoms with E-state index in [1.165, 1.54) is 12.1 Å². The van der Waals surface area contributed by atoms with Crippen molar-refractivity contribution in [3.05, 3.63) is 58.1 Å². The van der Waals surface area contributed by atoms with Crippen LogP contribution in [0.4, 0.5) is 5.69 Å². The molecule has 0 radical (unpaired) electrons. The van der Waals surface area contributed by atoms with Crippen molar-refractivity contribution in [1.82, 2.24) is 0 Å². The Morgan fingerprint density at radius 3 is 2.52 bits per heavy atom. The maximum absolute atomic E-state index is 10.7. The highest BCUT2D eigenvalue weighted by molar-refractivity contribution is 6.35. The van der Waals surface area contributed by atoms with Gasteiger partial charge in [0.25, 0.3) is 0 Å². The smallest absolute Gasteiger partial charge is 0.335 e. The number of carboxylic acid groups (broad SMARTS) is 1. The lowest BCUT2D eigenvalue weighted by Crippen LogP contribution is -2.11. The average molecular weight is 326 g/mol. The Morgan fingerprint density at radius 2 is 1.86 bits per heavy atom. The molecule has 4 nitrogen and oxygen atoms in total. The maximum Gasteiger partial charge on any atom is 0.335 e. The molecule has 6 heteroatoms. The minimum atomic E-state index is -0.959. The minimum absolute atomic E-state index is 0.228. The summed E-state index contributed by atoms with van der Waals surface area (Å²) in [7, 11) is 0. The fraction of sp³-hybridized carbons (Fsp3) is 0.133. The molecular formula is C15H13Cl2NO3. The van der Waals surface area contributed by atoms with Gasteiger partial charge in [0.2, 0.25) is 0 Å². The van der Waals surface area contributed by atoms with Gasteiger partial charge in [-0.2, -0.15) is 0 Å². The van der Waals surface area contributed by atoms with Crippen LogP contribution in [-0.2, 0) is 0 Å². The minimum Gasteiger partial charge on any atom is -0.492 e. The van der Waals surface area contributed by atoms with Crippen molar-refractivity contribution >= 4 is 34.9 Å². The number of carboxylic acids is 1.